The lowest BCUT2D eigenvalue weighted by Gasteiger charge is -2.37. The van der Waals surface area contributed by atoms with Gasteiger partial charge in [0.1, 0.15) is 6.04 Å². The molecule has 1 saturated heterocycles. The monoisotopic (exact) mass is 311 g/mol. The second-order valence-corrected chi connectivity index (χ2v) is 12.3. The van der Waals surface area contributed by atoms with Gasteiger partial charge in [0.25, 0.3) is 0 Å². The largest absolute Gasteiger partial charge is 0.464 e. The number of hydrogen-bond donors (Lipinski definition) is 1. The van der Waals surface area contributed by atoms with Crippen LogP contribution in [0.2, 0.25) is 18.1 Å². The van der Waals surface area contributed by atoms with Gasteiger partial charge in [-0.25, -0.2) is 4.79 Å². The van der Waals surface area contributed by atoms with Gasteiger partial charge in [-0.2, -0.15) is 12.7 Å². The second kappa shape index (κ2) is 5.04. The van der Waals surface area contributed by atoms with Crippen LogP contribution in [0.4, 0.5) is 4.79 Å². The summed E-state index contributed by atoms with van der Waals surface area (Å²) in [6.45, 7) is 10.0. The van der Waals surface area contributed by atoms with Crippen molar-refractivity contribution in [2.24, 2.45) is 0 Å². The fourth-order valence-electron chi connectivity index (χ4n) is 1.36. The fraction of sp³-hybridized carbons (Fsp3) is 0.900. The molecule has 7 nitrogen and oxygen atoms in total. The first-order chi connectivity index (χ1) is 8.38. The van der Waals surface area contributed by atoms with E-state index in [1.807, 2.05) is 13.1 Å². The van der Waals surface area contributed by atoms with Gasteiger partial charge >= 0.3 is 16.4 Å². The van der Waals surface area contributed by atoms with E-state index >= 15 is 0 Å². The van der Waals surface area contributed by atoms with E-state index in [0.717, 1.165) is 0 Å². The van der Waals surface area contributed by atoms with E-state index < -0.39 is 30.8 Å². The van der Waals surface area contributed by atoms with Gasteiger partial charge in [0.05, 0.1) is 13.2 Å². The molecule has 0 aromatic heterocycles. The van der Waals surface area contributed by atoms with Crippen molar-refractivity contribution in [3.8, 4) is 0 Å². The molecule has 0 aromatic carbocycles. The van der Waals surface area contributed by atoms with Gasteiger partial charge in [-0.05, 0) is 18.1 Å². The number of carboxylic acid groups (broad SMARTS) is 1. The summed E-state index contributed by atoms with van der Waals surface area (Å²) in [5.41, 5.74) is 0. The highest BCUT2D eigenvalue weighted by atomic mass is 32.2. The predicted octanol–water partition coefficient (Wildman–Crippen LogP) is 1.63. The zero-order chi connectivity index (χ0) is 15.1. The Bertz CT molecular complexity index is 455. The zero-order valence-electron chi connectivity index (χ0n) is 11.8. The summed E-state index contributed by atoms with van der Waals surface area (Å²) in [5.74, 6) is 0. The highest BCUT2D eigenvalue weighted by molar-refractivity contribution is 7.85. The van der Waals surface area contributed by atoms with Crippen molar-refractivity contribution in [2.75, 3.05) is 13.2 Å². The number of nitrogens with zero attached hydrogens (tertiary/aromatic N) is 1. The highest BCUT2D eigenvalue weighted by Crippen LogP contribution is 2.37. The SMILES string of the molecule is CC(C)(C)[Si](C)(C)OCC1COS(=O)(=O)N1C(=O)O. The summed E-state index contributed by atoms with van der Waals surface area (Å²) < 4.78 is 33.5. The normalized spacial score (nSPS) is 23.6. The van der Waals surface area contributed by atoms with Gasteiger partial charge in [0.15, 0.2) is 8.32 Å². The molecule has 1 fully saturated rings. The molecule has 1 aliphatic rings. The molecule has 112 valence electrons. The lowest BCUT2D eigenvalue weighted by molar-refractivity contribution is 0.144. The average Bonchev–Trinajstić information content (AvgIpc) is 2.49. The molecule has 0 aliphatic carbocycles. The Morgan fingerprint density at radius 1 is 1.47 bits per heavy atom. The van der Waals surface area contributed by atoms with Crippen LogP contribution in [0.1, 0.15) is 20.8 Å². The Hall–Kier alpha value is -0.643. The Kier molecular flexibility index (Phi) is 4.35. The number of hydrogen-bond acceptors (Lipinski definition) is 5. The van der Waals surface area contributed by atoms with E-state index in [1.54, 1.807) is 0 Å². The highest BCUT2D eigenvalue weighted by Gasteiger charge is 2.45. The van der Waals surface area contributed by atoms with Crippen LogP contribution in [0.5, 0.6) is 0 Å². The molecule has 1 N–H and O–H groups in total. The molecular formula is C10H21NO6SSi. The van der Waals surface area contributed by atoms with Crippen molar-refractivity contribution >= 4 is 24.7 Å². The Morgan fingerprint density at radius 3 is 2.42 bits per heavy atom. The van der Waals surface area contributed by atoms with Crippen LogP contribution in [0, 0.1) is 0 Å². The minimum absolute atomic E-state index is 0.0284. The van der Waals surface area contributed by atoms with Gasteiger partial charge in [-0.1, -0.05) is 20.8 Å². The van der Waals surface area contributed by atoms with Crippen molar-refractivity contribution in [3.05, 3.63) is 0 Å². The predicted molar refractivity (Wildman–Crippen MR) is 71.7 cm³/mol. The maximum atomic E-state index is 11.4. The molecule has 0 spiro atoms. The van der Waals surface area contributed by atoms with Crippen LogP contribution in [0.15, 0.2) is 0 Å². The zero-order valence-corrected chi connectivity index (χ0v) is 13.7. The van der Waals surface area contributed by atoms with Crippen LogP contribution < -0.4 is 0 Å². The van der Waals surface area contributed by atoms with Crippen molar-refractivity contribution in [2.45, 2.75) is 44.9 Å². The lowest BCUT2D eigenvalue weighted by atomic mass is 10.2. The lowest BCUT2D eigenvalue weighted by Crippen LogP contribution is -2.47. The van der Waals surface area contributed by atoms with Crippen LogP contribution >= 0.6 is 0 Å². The third kappa shape index (κ3) is 3.47. The maximum Gasteiger partial charge on any atom is 0.423 e. The van der Waals surface area contributed by atoms with Crippen LogP contribution in [-0.4, -0.2) is 51.5 Å². The molecule has 9 heteroatoms. The molecule has 1 rings (SSSR count). The number of carbonyl (C=O) groups is 1. The Morgan fingerprint density at radius 2 is 2.00 bits per heavy atom. The van der Waals surface area contributed by atoms with Gasteiger partial charge in [0.2, 0.25) is 0 Å². The molecule has 1 heterocycles. The summed E-state index contributed by atoms with van der Waals surface area (Å²) in [6, 6.07) is -0.809. The first-order valence-electron chi connectivity index (χ1n) is 5.94. The first-order valence-corrected chi connectivity index (χ1v) is 10.2. The van der Waals surface area contributed by atoms with E-state index in [0.29, 0.717) is 4.31 Å². The fourth-order valence-corrected chi connectivity index (χ4v) is 3.52. The summed E-state index contributed by atoms with van der Waals surface area (Å²) in [7, 11) is -6.22. The number of amides is 1. The van der Waals surface area contributed by atoms with Crippen molar-refractivity contribution < 1.29 is 26.9 Å². The minimum Gasteiger partial charge on any atom is -0.464 e. The van der Waals surface area contributed by atoms with E-state index in [-0.39, 0.29) is 18.3 Å². The topological polar surface area (TPSA) is 93.1 Å². The third-order valence-corrected chi connectivity index (χ3v) is 9.48. The molecule has 0 aromatic rings. The molecule has 1 amide bonds. The molecule has 19 heavy (non-hydrogen) atoms. The summed E-state index contributed by atoms with van der Waals surface area (Å²) >= 11 is 0. The molecule has 1 aliphatic heterocycles. The quantitative estimate of drug-likeness (QED) is 0.796. The molecule has 0 saturated carbocycles. The van der Waals surface area contributed by atoms with Crippen LogP contribution in [0.3, 0.4) is 0 Å². The third-order valence-electron chi connectivity index (χ3n) is 3.61. The Balaban J connectivity index is 2.77. The molecule has 0 radical (unpaired) electrons. The summed E-state index contributed by atoms with van der Waals surface area (Å²) in [6.07, 6.45) is -1.54. The molecular weight excluding hydrogens is 290 g/mol. The first kappa shape index (κ1) is 16.4. The minimum atomic E-state index is -4.17. The molecule has 0 bridgehead atoms. The number of rotatable bonds is 3. The second-order valence-electron chi connectivity index (χ2n) is 6.05. The standard InChI is InChI=1S/C10H21NO6SSi/c1-10(2,3)19(4,5)17-7-8-6-16-18(14,15)11(8)9(12)13/h8H,6-7H2,1-5H3,(H,12,13). The van der Waals surface area contributed by atoms with Gasteiger partial charge in [-0.3, -0.25) is 4.18 Å². The van der Waals surface area contributed by atoms with Crippen molar-refractivity contribution in [3.63, 3.8) is 0 Å². The van der Waals surface area contributed by atoms with Gasteiger partial charge in [-0.15, -0.1) is 0 Å². The van der Waals surface area contributed by atoms with E-state index in [2.05, 4.69) is 25.0 Å². The van der Waals surface area contributed by atoms with Crippen molar-refractivity contribution in [1.82, 2.24) is 4.31 Å². The molecule has 1 unspecified atom stereocenters. The smallest absolute Gasteiger partial charge is 0.423 e. The van der Waals surface area contributed by atoms with Gasteiger partial charge < -0.3 is 9.53 Å². The molecule has 1 atom stereocenters. The van der Waals surface area contributed by atoms with Gasteiger partial charge in [0, 0.05) is 0 Å². The van der Waals surface area contributed by atoms with Crippen molar-refractivity contribution in [1.29, 1.82) is 0 Å². The van der Waals surface area contributed by atoms with E-state index in [1.165, 1.54) is 0 Å². The average molecular weight is 311 g/mol. The maximum absolute atomic E-state index is 11.4. The summed E-state index contributed by atoms with van der Waals surface area (Å²) in [4.78, 5) is 11.0. The van der Waals surface area contributed by atoms with E-state index in [4.69, 9.17) is 9.53 Å². The van der Waals surface area contributed by atoms with Crippen LogP contribution in [0.25, 0.3) is 0 Å². The van der Waals surface area contributed by atoms with E-state index in [9.17, 15) is 13.2 Å². The van der Waals surface area contributed by atoms with Crippen LogP contribution in [-0.2, 0) is 18.9 Å². The summed E-state index contributed by atoms with van der Waals surface area (Å²) in [5, 5.41) is 8.90. The Labute approximate surface area is 114 Å².